The van der Waals surface area contributed by atoms with E-state index in [0.717, 1.165) is 18.8 Å². The second kappa shape index (κ2) is 4.63. The first-order valence-electron chi connectivity index (χ1n) is 5.80. The Morgan fingerprint density at radius 3 is 2.36 bits per heavy atom. The predicted octanol–water partition coefficient (Wildman–Crippen LogP) is 2.13. The highest BCUT2D eigenvalue weighted by atomic mass is 16.2. The Hall–Kier alpha value is -0.0800. The van der Waals surface area contributed by atoms with E-state index in [0.29, 0.717) is 18.1 Å². The molecule has 0 aromatic carbocycles. The molecule has 0 aromatic heterocycles. The largest absolute Gasteiger partial charge is 0.396 e. The first kappa shape index (κ1) is 12.0. The third-order valence-electron chi connectivity index (χ3n) is 3.54. The van der Waals surface area contributed by atoms with Gasteiger partial charge in [0, 0.05) is 25.7 Å². The lowest BCUT2D eigenvalue weighted by atomic mass is 9.75. The van der Waals surface area contributed by atoms with Crippen molar-refractivity contribution in [3.63, 3.8) is 0 Å². The smallest absolute Gasteiger partial charge is 0.0431 e. The van der Waals surface area contributed by atoms with Crippen molar-refractivity contribution in [3.8, 4) is 0 Å². The van der Waals surface area contributed by atoms with Crippen LogP contribution >= 0.6 is 0 Å². The summed E-state index contributed by atoms with van der Waals surface area (Å²) in [5.41, 5.74) is 0.465. The fourth-order valence-electron chi connectivity index (χ4n) is 1.99. The van der Waals surface area contributed by atoms with Gasteiger partial charge in [0.2, 0.25) is 0 Å². The van der Waals surface area contributed by atoms with Gasteiger partial charge in [-0.2, -0.15) is 0 Å². The molecule has 1 aliphatic heterocycles. The fourth-order valence-corrected chi connectivity index (χ4v) is 1.99. The van der Waals surface area contributed by atoms with Crippen LogP contribution in [0.3, 0.4) is 0 Å². The molecule has 0 bridgehead atoms. The SMILES string of the molecule is CC(CCCO)N1CC(C(C)(C)C)C1. The van der Waals surface area contributed by atoms with Gasteiger partial charge in [-0.25, -0.2) is 0 Å². The van der Waals surface area contributed by atoms with Gasteiger partial charge >= 0.3 is 0 Å². The Bertz CT molecular complexity index is 168. The predicted molar refractivity (Wildman–Crippen MR) is 60.3 cm³/mol. The molecule has 1 unspecified atom stereocenters. The van der Waals surface area contributed by atoms with E-state index in [1.165, 1.54) is 13.1 Å². The lowest BCUT2D eigenvalue weighted by Crippen LogP contribution is -2.55. The third-order valence-corrected chi connectivity index (χ3v) is 3.54. The molecular formula is C12H25NO. The van der Waals surface area contributed by atoms with E-state index in [2.05, 4.69) is 32.6 Å². The molecule has 1 atom stereocenters. The van der Waals surface area contributed by atoms with Crippen LogP contribution in [-0.4, -0.2) is 35.7 Å². The second-order valence-corrected chi connectivity index (χ2v) is 5.73. The zero-order valence-electron chi connectivity index (χ0n) is 10.1. The van der Waals surface area contributed by atoms with E-state index < -0.39 is 0 Å². The van der Waals surface area contributed by atoms with Crippen LogP contribution < -0.4 is 0 Å². The van der Waals surface area contributed by atoms with Crippen molar-refractivity contribution >= 4 is 0 Å². The molecule has 2 heteroatoms. The summed E-state index contributed by atoms with van der Waals surface area (Å²) in [4.78, 5) is 2.53. The van der Waals surface area contributed by atoms with Crippen molar-refractivity contribution in [2.75, 3.05) is 19.7 Å². The molecule has 0 saturated carbocycles. The van der Waals surface area contributed by atoms with Gasteiger partial charge in [0.05, 0.1) is 0 Å². The van der Waals surface area contributed by atoms with Gasteiger partial charge in [0.1, 0.15) is 0 Å². The maximum atomic E-state index is 8.75. The van der Waals surface area contributed by atoms with Gasteiger partial charge < -0.3 is 5.11 Å². The highest BCUT2D eigenvalue weighted by molar-refractivity contribution is 4.90. The topological polar surface area (TPSA) is 23.5 Å². The van der Waals surface area contributed by atoms with Gasteiger partial charge in [0.25, 0.3) is 0 Å². The number of nitrogens with zero attached hydrogens (tertiary/aromatic N) is 1. The van der Waals surface area contributed by atoms with Crippen molar-refractivity contribution in [1.29, 1.82) is 0 Å². The highest BCUT2D eigenvalue weighted by Gasteiger charge is 2.37. The highest BCUT2D eigenvalue weighted by Crippen LogP contribution is 2.34. The van der Waals surface area contributed by atoms with Crippen molar-refractivity contribution in [2.24, 2.45) is 11.3 Å². The second-order valence-electron chi connectivity index (χ2n) is 5.73. The summed E-state index contributed by atoms with van der Waals surface area (Å²) in [6, 6.07) is 0.653. The zero-order chi connectivity index (χ0) is 10.8. The van der Waals surface area contributed by atoms with Gasteiger partial charge in [-0.3, -0.25) is 4.90 Å². The molecule has 0 spiro atoms. The average Bonchev–Trinajstić information content (AvgIpc) is 1.94. The summed E-state index contributed by atoms with van der Waals surface area (Å²) >= 11 is 0. The molecular weight excluding hydrogens is 174 g/mol. The minimum atomic E-state index is 0.334. The number of hydrogen-bond acceptors (Lipinski definition) is 2. The molecule has 1 heterocycles. The lowest BCUT2D eigenvalue weighted by Gasteiger charge is -2.49. The van der Waals surface area contributed by atoms with Gasteiger partial charge in [-0.05, 0) is 31.1 Å². The number of aliphatic hydroxyl groups is 1. The Balaban J connectivity index is 2.20. The van der Waals surface area contributed by atoms with Crippen molar-refractivity contribution in [3.05, 3.63) is 0 Å². The van der Waals surface area contributed by atoms with Crippen LogP contribution in [-0.2, 0) is 0 Å². The van der Waals surface area contributed by atoms with Crippen molar-refractivity contribution in [2.45, 2.75) is 46.6 Å². The van der Waals surface area contributed by atoms with E-state index in [1.54, 1.807) is 0 Å². The molecule has 14 heavy (non-hydrogen) atoms. The van der Waals surface area contributed by atoms with Gasteiger partial charge in [-0.1, -0.05) is 20.8 Å². The van der Waals surface area contributed by atoms with E-state index in [-0.39, 0.29) is 0 Å². The van der Waals surface area contributed by atoms with Crippen molar-refractivity contribution in [1.82, 2.24) is 4.90 Å². The van der Waals surface area contributed by atoms with E-state index in [9.17, 15) is 0 Å². The summed E-state index contributed by atoms with van der Waals surface area (Å²) in [6.07, 6.45) is 2.07. The maximum absolute atomic E-state index is 8.75. The molecule has 84 valence electrons. The van der Waals surface area contributed by atoms with E-state index >= 15 is 0 Å². The van der Waals surface area contributed by atoms with Crippen LogP contribution in [0.2, 0.25) is 0 Å². The van der Waals surface area contributed by atoms with Crippen LogP contribution in [0.25, 0.3) is 0 Å². The maximum Gasteiger partial charge on any atom is 0.0431 e. The Labute approximate surface area is 88.3 Å². The van der Waals surface area contributed by atoms with Crippen LogP contribution in [0.15, 0.2) is 0 Å². The minimum absolute atomic E-state index is 0.334. The first-order chi connectivity index (χ1) is 6.45. The van der Waals surface area contributed by atoms with Crippen LogP contribution in [0.5, 0.6) is 0 Å². The zero-order valence-corrected chi connectivity index (χ0v) is 10.1. The third kappa shape index (κ3) is 2.96. The summed E-state index contributed by atoms with van der Waals surface area (Å²) < 4.78 is 0. The molecule has 1 aliphatic rings. The van der Waals surface area contributed by atoms with E-state index in [4.69, 9.17) is 5.11 Å². The average molecular weight is 199 g/mol. The van der Waals surface area contributed by atoms with Crippen LogP contribution in [0.1, 0.15) is 40.5 Å². The number of hydrogen-bond donors (Lipinski definition) is 1. The standard InChI is InChI=1S/C12H25NO/c1-10(6-5-7-14)13-8-11(9-13)12(2,3)4/h10-11,14H,5-9H2,1-4H3. The first-order valence-corrected chi connectivity index (χ1v) is 5.80. The van der Waals surface area contributed by atoms with Gasteiger partial charge in [-0.15, -0.1) is 0 Å². The molecule has 1 rings (SSSR count). The number of rotatable bonds is 4. The number of likely N-dealkylation sites (tertiary alicyclic amines) is 1. The molecule has 1 fully saturated rings. The summed E-state index contributed by atoms with van der Waals surface area (Å²) in [5.74, 6) is 0.860. The summed E-state index contributed by atoms with van der Waals surface area (Å²) in [7, 11) is 0. The van der Waals surface area contributed by atoms with E-state index in [1.807, 2.05) is 0 Å². The fraction of sp³-hybridized carbons (Fsp3) is 1.00. The molecule has 0 aromatic rings. The molecule has 2 nitrogen and oxygen atoms in total. The quantitative estimate of drug-likeness (QED) is 0.749. The van der Waals surface area contributed by atoms with Crippen LogP contribution in [0.4, 0.5) is 0 Å². The monoisotopic (exact) mass is 199 g/mol. The van der Waals surface area contributed by atoms with Crippen LogP contribution in [0, 0.1) is 11.3 Å². The summed E-state index contributed by atoms with van der Waals surface area (Å²) in [6.45, 7) is 12.1. The van der Waals surface area contributed by atoms with Gasteiger partial charge in [0.15, 0.2) is 0 Å². The number of aliphatic hydroxyl groups excluding tert-OH is 1. The Morgan fingerprint density at radius 1 is 1.36 bits per heavy atom. The lowest BCUT2D eigenvalue weighted by molar-refractivity contribution is -0.00556. The van der Waals surface area contributed by atoms with Crippen molar-refractivity contribution < 1.29 is 5.11 Å². The normalized spacial score (nSPS) is 22.1. The molecule has 1 N–H and O–H groups in total. The Morgan fingerprint density at radius 2 is 1.93 bits per heavy atom. The molecule has 0 aliphatic carbocycles. The summed E-state index contributed by atoms with van der Waals surface area (Å²) in [5, 5.41) is 8.75. The molecule has 1 saturated heterocycles. The minimum Gasteiger partial charge on any atom is -0.396 e. The Kier molecular flexibility index (Phi) is 3.96. The molecule has 0 radical (unpaired) electrons. The molecule has 0 amide bonds.